The van der Waals surface area contributed by atoms with E-state index in [1.807, 2.05) is 4.72 Å². The van der Waals surface area contributed by atoms with Crippen LogP contribution in [0.3, 0.4) is 0 Å². The molecule has 7 nitrogen and oxygen atoms in total. The molecule has 0 fully saturated rings. The quantitative estimate of drug-likeness (QED) is 0.670. The highest BCUT2D eigenvalue weighted by atomic mass is 79.9. The lowest BCUT2D eigenvalue weighted by Gasteiger charge is -2.09. The number of likely N-dealkylation sites (N-methyl/N-ethyl adjacent to an activating group) is 1. The van der Waals surface area contributed by atoms with Crippen LogP contribution in [-0.4, -0.2) is 38.5 Å². The van der Waals surface area contributed by atoms with Crippen LogP contribution in [0.2, 0.25) is 0 Å². The van der Waals surface area contributed by atoms with Gasteiger partial charge in [0.05, 0.1) is 12.1 Å². The summed E-state index contributed by atoms with van der Waals surface area (Å²) in [6.07, 6.45) is 0. The predicted octanol–water partition coefficient (Wildman–Crippen LogP) is 0.701. The minimum atomic E-state index is -4.36. The fourth-order valence-corrected chi connectivity index (χ4v) is 3.13. The zero-order chi connectivity index (χ0) is 16.2. The lowest BCUT2D eigenvalue weighted by Crippen LogP contribution is -2.37. The van der Waals surface area contributed by atoms with E-state index in [0.717, 1.165) is 12.1 Å². The normalized spacial score (nSPS) is 11.2. The maximum atomic E-state index is 14.0. The summed E-state index contributed by atoms with van der Waals surface area (Å²) in [4.78, 5) is 21.2. The van der Waals surface area contributed by atoms with Gasteiger partial charge in [-0.3, -0.25) is 4.79 Å². The van der Waals surface area contributed by atoms with Gasteiger partial charge in [-0.1, -0.05) is 15.9 Å². The Morgan fingerprint density at radius 1 is 1.38 bits per heavy atom. The number of rotatable bonds is 6. The van der Waals surface area contributed by atoms with Crippen molar-refractivity contribution in [2.24, 2.45) is 0 Å². The molecule has 3 N–H and O–H groups in total. The molecule has 116 valence electrons. The van der Waals surface area contributed by atoms with E-state index in [1.165, 1.54) is 0 Å². The molecule has 1 amide bonds. The van der Waals surface area contributed by atoms with Crippen molar-refractivity contribution in [3.63, 3.8) is 0 Å². The number of benzene rings is 1. The predicted molar refractivity (Wildman–Crippen MR) is 74.9 cm³/mol. The van der Waals surface area contributed by atoms with Crippen molar-refractivity contribution in [3.05, 3.63) is 28.0 Å². The second-order valence-corrected chi connectivity index (χ2v) is 6.50. The van der Waals surface area contributed by atoms with Gasteiger partial charge >= 0.3 is 5.97 Å². The van der Waals surface area contributed by atoms with Gasteiger partial charge in [0.25, 0.3) is 0 Å². The maximum Gasteiger partial charge on any atom is 0.338 e. The van der Waals surface area contributed by atoms with E-state index in [0.29, 0.717) is 6.54 Å². The van der Waals surface area contributed by atoms with Crippen LogP contribution < -0.4 is 10.0 Å². The standard InChI is InChI=1S/C11H12BrFN2O5S/c1-2-14-9(16)5-15-21(19,20)8-4-6(12)3-7(10(8)13)11(17)18/h3-4,15H,2,5H2,1H3,(H,14,16)(H,17,18). The summed E-state index contributed by atoms with van der Waals surface area (Å²) in [7, 11) is -4.36. The molecule has 21 heavy (non-hydrogen) atoms. The molecule has 0 saturated heterocycles. The van der Waals surface area contributed by atoms with E-state index >= 15 is 0 Å². The fraction of sp³-hybridized carbons (Fsp3) is 0.273. The summed E-state index contributed by atoms with van der Waals surface area (Å²) in [5, 5.41) is 11.2. The van der Waals surface area contributed by atoms with Crippen molar-refractivity contribution < 1.29 is 27.5 Å². The number of nitrogens with one attached hydrogen (secondary N) is 2. The molecule has 0 aliphatic carbocycles. The Morgan fingerprint density at radius 2 is 2.00 bits per heavy atom. The number of carboxylic acid groups (broad SMARTS) is 1. The van der Waals surface area contributed by atoms with Crippen LogP contribution in [0.5, 0.6) is 0 Å². The number of carbonyl (C=O) groups is 2. The van der Waals surface area contributed by atoms with Crippen LogP contribution >= 0.6 is 15.9 Å². The van der Waals surface area contributed by atoms with Crippen LogP contribution in [0.1, 0.15) is 17.3 Å². The summed E-state index contributed by atoms with van der Waals surface area (Å²) in [5.41, 5.74) is -0.789. The van der Waals surface area contributed by atoms with Gasteiger partial charge in [-0.05, 0) is 19.1 Å². The van der Waals surface area contributed by atoms with E-state index in [9.17, 15) is 22.4 Å². The maximum absolute atomic E-state index is 14.0. The Morgan fingerprint density at radius 3 is 2.52 bits per heavy atom. The first-order valence-corrected chi connectivity index (χ1v) is 7.95. The second kappa shape index (κ2) is 6.96. The van der Waals surface area contributed by atoms with Crippen molar-refractivity contribution in [3.8, 4) is 0 Å². The summed E-state index contributed by atoms with van der Waals surface area (Å²) >= 11 is 2.91. The van der Waals surface area contributed by atoms with Crippen molar-refractivity contribution >= 4 is 37.8 Å². The van der Waals surface area contributed by atoms with Crippen molar-refractivity contribution in [2.45, 2.75) is 11.8 Å². The highest BCUT2D eigenvalue weighted by Gasteiger charge is 2.25. The van der Waals surface area contributed by atoms with Crippen LogP contribution in [0.4, 0.5) is 4.39 Å². The van der Waals surface area contributed by atoms with Gasteiger partial charge in [-0.25, -0.2) is 22.3 Å². The minimum absolute atomic E-state index is 0.0830. The van der Waals surface area contributed by atoms with Gasteiger partial charge < -0.3 is 10.4 Å². The van der Waals surface area contributed by atoms with Crippen LogP contribution in [0.25, 0.3) is 0 Å². The SMILES string of the molecule is CCNC(=O)CNS(=O)(=O)c1cc(Br)cc(C(=O)O)c1F. The molecule has 0 heterocycles. The van der Waals surface area contributed by atoms with Gasteiger partial charge in [-0.2, -0.15) is 0 Å². The fourth-order valence-electron chi connectivity index (χ4n) is 1.41. The van der Waals surface area contributed by atoms with Crippen molar-refractivity contribution in [1.82, 2.24) is 10.0 Å². The Balaban J connectivity index is 3.14. The summed E-state index contributed by atoms with van der Waals surface area (Å²) in [6, 6.07) is 1.86. The summed E-state index contributed by atoms with van der Waals surface area (Å²) in [5.74, 6) is -3.59. The van der Waals surface area contributed by atoms with E-state index in [1.54, 1.807) is 6.92 Å². The Kier molecular flexibility index (Phi) is 5.81. The highest BCUT2D eigenvalue weighted by molar-refractivity contribution is 9.10. The van der Waals surface area contributed by atoms with E-state index < -0.39 is 44.7 Å². The Labute approximate surface area is 128 Å². The molecule has 0 aliphatic heterocycles. The van der Waals surface area contributed by atoms with Crippen LogP contribution in [0, 0.1) is 5.82 Å². The Hall–Kier alpha value is -1.52. The number of carbonyl (C=O) groups excluding carboxylic acids is 1. The molecule has 1 aromatic rings. The third kappa shape index (κ3) is 4.48. The molecule has 0 aliphatic rings. The molecule has 1 rings (SSSR count). The minimum Gasteiger partial charge on any atom is -0.478 e. The number of hydrogen-bond donors (Lipinski definition) is 3. The monoisotopic (exact) mass is 382 g/mol. The van der Waals surface area contributed by atoms with Gasteiger partial charge in [0.15, 0.2) is 5.82 Å². The average Bonchev–Trinajstić information content (AvgIpc) is 2.39. The number of aromatic carboxylic acids is 1. The van der Waals surface area contributed by atoms with E-state index in [4.69, 9.17) is 5.11 Å². The molecule has 0 aromatic heterocycles. The van der Waals surface area contributed by atoms with E-state index in [2.05, 4.69) is 21.2 Å². The third-order valence-corrected chi connectivity index (χ3v) is 4.18. The van der Waals surface area contributed by atoms with Gasteiger partial charge in [0.2, 0.25) is 15.9 Å². The van der Waals surface area contributed by atoms with Gasteiger partial charge in [0.1, 0.15) is 4.90 Å². The average molecular weight is 383 g/mol. The smallest absolute Gasteiger partial charge is 0.338 e. The first-order valence-electron chi connectivity index (χ1n) is 5.67. The largest absolute Gasteiger partial charge is 0.478 e. The number of carboxylic acids is 1. The van der Waals surface area contributed by atoms with Crippen LogP contribution in [-0.2, 0) is 14.8 Å². The number of sulfonamides is 1. The zero-order valence-electron chi connectivity index (χ0n) is 10.8. The first-order chi connectivity index (χ1) is 9.69. The lowest BCUT2D eigenvalue weighted by molar-refractivity contribution is -0.119. The van der Waals surface area contributed by atoms with Gasteiger partial charge in [0, 0.05) is 11.0 Å². The second-order valence-electron chi connectivity index (χ2n) is 3.85. The lowest BCUT2D eigenvalue weighted by atomic mass is 10.2. The number of amides is 1. The molecule has 0 radical (unpaired) electrons. The summed E-state index contributed by atoms with van der Waals surface area (Å²) in [6.45, 7) is 1.39. The summed E-state index contributed by atoms with van der Waals surface area (Å²) < 4.78 is 39.8. The molecular weight excluding hydrogens is 371 g/mol. The van der Waals surface area contributed by atoms with Crippen molar-refractivity contribution in [2.75, 3.05) is 13.1 Å². The molecule has 10 heteroatoms. The molecule has 0 atom stereocenters. The van der Waals surface area contributed by atoms with Crippen LogP contribution in [0.15, 0.2) is 21.5 Å². The molecule has 0 spiro atoms. The van der Waals surface area contributed by atoms with Gasteiger partial charge in [-0.15, -0.1) is 0 Å². The molecule has 0 unspecified atom stereocenters. The first kappa shape index (κ1) is 17.5. The number of hydrogen-bond acceptors (Lipinski definition) is 4. The molecule has 0 bridgehead atoms. The molecular formula is C11H12BrFN2O5S. The molecule has 1 aromatic carbocycles. The third-order valence-electron chi connectivity index (χ3n) is 2.32. The number of halogens is 2. The Bertz CT molecular complexity index is 677. The molecule has 0 saturated carbocycles. The zero-order valence-corrected chi connectivity index (χ0v) is 13.2. The highest BCUT2D eigenvalue weighted by Crippen LogP contribution is 2.24. The topological polar surface area (TPSA) is 113 Å². The van der Waals surface area contributed by atoms with Crippen molar-refractivity contribution in [1.29, 1.82) is 0 Å². The van der Waals surface area contributed by atoms with E-state index in [-0.39, 0.29) is 4.47 Å².